The summed E-state index contributed by atoms with van der Waals surface area (Å²) in [5.74, 6) is 1.43. The van der Waals surface area contributed by atoms with E-state index < -0.39 is 0 Å². The van der Waals surface area contributed by atoms with E-state index >= 15 is 0 Å². The van der Waals surface area contributed by atoms with Crippen LogP contribution in [-0.2, 0) is 4.79 Å². The number of rotatable bonds is 4. The normalized spacial score (nSPS) is 27.3. The zero-order valence-electron chi connectivity index (χ0n) is 8.72. The molecule has 0 aromatic heterocycles. The van der Waals surface area contributed by atoms with Crippen LogP contribution in [0.3, 0.4) is 0 Å². The van der Waals surface area contributed by atoms with Crippen molar-refractivity contribution in [2.75, 3.05) is 19.6 Å². The first-order chi connectivity index (χ1) is 6.86. The Kier molecular flexibility index (Phi) is 3.40. The molecule has 2 rings (SSSR count). The van der Waals surface area contributed by atoms with Gasteiger partial charge >= 0.3 is 0 Å². The third-order valence-corrected chi connectivity index (χ3v) is 3.49. The van der Waals surface area contributed by atoms with Crippen LogP contribution in [0.15, 0.2) is 0 Å². The third kappa shape index (κ3) is 2.47. The van der Waals surface area contributed by atoms with Gasteiger partial charge in [0.1, 0.15) is 0 Å². The molecule has 80 valence electrons. The predicted molar refractivity (Wildman–Crippen MR) is 55.9 cm³/mol. The smallest absolute Gasteiger partial charge is 0.223 e. The second kappa shape index (κ2) is 4.78. The SMILES string of the molecule is O=C(NCCC1CCNC1)C1CCC1. The van der Waals surface area contributed by atoms with E-state index in [9.17, 15) is 4.79 Å². The number of amides is 1. The van der Waals surface area contributed by atoms with Crippen LogP contribution in [0.5, 0.6) is 0 Å². The molecule has 1 heterocycles. The number of hydrogen-bond donors (Lipinski definition) is 2. The molecule has 1 saturated heterocycles. The maximum Gasteiger partial charge on any atom is 0.223 e. The van der Waals surface area contributed by atoms with E-state index in [1.807, 2.05) is 0 Å². The molecular formula is C11H20N2O. The van der Waals surface area contributed by atoms with Gasteiger partial charge in [0.05, 0.1) is 0 Å². The minimum Gasteiger partial charge on any atom is -0.356 e. The largest absolute Gasteiger partial charge is 0.356 e. The summed E-state index contributed by atoms with van der Waals surface area (Å²) in [7, 11) is 0. The summed E-state index contributed by atoms with van der Waals surface area (Å²) in [5, 5.41) is 6.39. The fraction of sp³-hybridized carbons (Fsp3) is 0.909. The van der Waals surface area contributed by atoms with Crippen molar-refractivity contribution in [2.45, 2.75) is 32.1 Å². The molecule has 1 atom stereocenters. The van der Waals surface area contributed by atoms with Gasteiger partial charge in [-0.25, -0.2) is 0 Å². The van der Waals surface area contributed by atoms with E-state index in [0.717, 1.165) is 44.8 Å². The molecule has 1 amide bonds. The van der Waals surface area contributed by atoms with Crippen LogP contribution >= 0.6 is 0 Å². The lowest BCUT2D eigenvalue weighted by atomic mass is 9.85. The first-order valence-corrected chi connectivity index (χ1v) is 5.84. The summed E-state index contributed by atoms with van der Waals surface area (Å²) in [4.78, 5) is 11.5. The average molecular weight is 196 g/mol. The lowest BCUT2D eigenvalue weighted by molar-refractivity contribution is -0.127. The summed E-state index contributed by atoms with van der Waals surface area (Å²) < 4.78 is 0. The van der Waals surface area contributed by atoms with Crippen molar-refractivity contribution in [2.24, 2.45) is 11.8 Å². The highest BCUT2D eigenvalue weighted by Crippen LogP contribution is 2.26. The van der Waals surface area contributed by atoms with Crippen LogP contribution in [0.1, 0.15) is 32.1 Å². The molecule has 1 saturated carbocycles. The Bertz CT molecular complexity index is 195. The van der Waals surface area contributed by atoms with Gasteiger partial charge in [-0.2, -0.15) is 0 Å². The van der Waals surface area contributed by atoms with Crippen LogP contribution in [0.4, 0.5) is 0 Å². The topological polar surface area (TPSA) is 41.1 Å². The predicted octanol–water partition coefficient (Wildman–Crippen LogP) is 0.902. The summed E-state index contributed by atoms with van der Waals surface area (Å²) in [5.41, 5.74) is 0. The van der Waals surface area contributed by atoms with Crippen molar-refractivity contribution in [1.82, 2.24) is 10.6 Å². The van der Waals surface area contributed by atoms with Crippen molar-refractivity contribution in [3.8, 4) is 0 Å². The molecule has 0 bridgehead atoms. The van der Waals surface area contributed by atoms with Gasteiger partial charge in [-0.05, 0) is 44.7 Å². The highest BCUT2D eigenvalue weighted by molar-refractivity contribution is 5.79. The van der Waals surface area contributed by atoms with Crippen LogP contribution in [-0.4, -0.2) is 25.5 Å². The van der Waals surface area contributed by atoms with Crippen molar-refractivity contribution in [1.29, 1.82) is 0 Å². The molecule has 2 N–H and O–H groups in total. The quantitative estimate of drug-likeness (QED) is 0.701. The van der Waals surface area contributed by atoms with Gasteiger partial charge in [0.15, 0.2) is 0 Å². The summed E-state index contributed by atoms with van der Waals surface area (Å²) >= 11 is 0. The monoisotopic (exact) mass is 196 g/mol. The Morgan fingerprint density at radius 1 is 1.36 bits per heavy atom. The molecule has 14 heavy (non-hydrogen) atoms. The van der Waals surface area contributed by atoms with E-state index in [0.29, 0.717) is 11.8 Å². The van der Waals surface area contributed by atoms with E-state index in [2.05, 4.69) is 10.6 Å². The average Bonchev–Trinajstić information content (AvgIpc) is 2.53. The van der Waals surface area contributed by atoms with Crippen molar-refractivity contribution >= 4 is 5.91 Å². The Morgan fingerprint density at radius 2 is 2.21 bits per heavy atom. The molecule has 0 radical (unpaired) electrons. The molecule has 0 aromatic carbocycles. The number of hydrogen-bond acceptors (Lipinski definition) is 2. The van der Waals surface area contributed by atoms with Gasteiger partial charge in [-0.3, -0.25) is 4.79 Å². The van der Waals surface area contributed by atoms with Gasteiger partial charge in [-0.15, -0.1) is 0 Å². The molecule has 3 nitrogen and oxygen atoms in total. The zero-order chi connectivity index (χ0) is 9.80. The Balaban J connectivity index is 1.55. The van der Waals surface area contributed by atoms with Gasteiger partial charge in [-0.1, -0.05) is 6.42 Å². The van der Waals surface area contributed by atoms with Gasteiger partial charge in [0, 0.05) is 12.5 Å². The number of nitrogens with one attached hydrogen (secondary N) is 2. The van der Waals surface area contributed by atoms with Crippen LogP contribution in [0.25, 0.3) is 0 Å². The van der Waals surface area contributed by atoms with Gasteiger partial charge in [0.2, 0.25) is 5.91 Å². The maximum atomic E-state index is 11.5. The Labute approximate surface area is 85.6 Å². The van der Waals surface area contributed by atoms with Gasteiger partial charge < -0.3 is 10.6 Å². The Morgan fingerprint density at radius 3 is 2.79 bits per heavy atom. The molecule has 1 unspecified atom stereocenters. The summed E-state index contributed by atoms with van der Waals surface area (Å²) in [6.07, 6.45) is 5.88. The molecule has 0 aromatic rings. The number of carbonyl (C=O) groups is 1. The highest BCUT2D eigenvalue weighted by atomic mass is 16.1. The lowest BCUT2D eigenvalue weighted by Gasteiger charge is -2.24. The third-order valence-electron chi connectivity index (χ3n) is 3.49. The van der Waals surface area contributed by atoms with Crippen LogP contribution in [0.2, 0.25) is 0 Å². The van der Waals surface area contributed by atoms with Crippen molar-refractivity contribution in [3.63, 3.8) is 0 Å². The van der Waals surface area contributed by atoms with E-state index in [1.165, 1.54) is 12.8 Å². The molecule has 1 aliphatic carbocycles. The van der Waals surface area contributed by atoms with Crippen molar-refractivity contribution in [3.05, 3.63) is 0 Å². The number of carbonyl (C=O) groups excluding carboxylic acids is 1. The first-order valence-electron chi connectivity index (χ1n) is 5.84. The summed E-state index contributed by atoms with van der Waals surface area (Å²) in [6, 6.07) is 0. The minimum absolute atomic E-state index is 0.294. The van der Waals surface area contributed by atoms with E-state index in [-0.39, 0.29) is 0 Å². The molecule has 0 spiro atoms. The minimum atomic E-state index is 0.294. The molecule has 2 fully saturated rings. The van der Waals surface area contributed by atoms with Crippen molar-refractivity contribution < 1.29 is 4.79 Å². The fourth-order valence-electron chi connectivity index (χ4n) is 2.18. The molecule has 1 aliphatic heterocycles. The Hall–Kier alpha value is -0.570. The molecule has 2 aliphatic rings. The van der Waals surface area contributed by atoms with Gasteiger partial charge in [0.25, 0.3) is 0 Å². The van der Waals surface area contributed by atoms with Crippen LogP contribution in [0, 0.1) is 11.8 Å². The standard InChI is InChI=1S/C11H20N2O/c14-11(10-2-1-3-10)13-7-5-9-4-6-12-8-9/h9-10,12H,1-8H2,(H,13,14). The van der Waals surface area contributed by atoms with E-state index in [1.54, 1.807) is 0 Å². The highest BCUT2D eigenvalue weighted by Gasteiger charge is 2.24. The fourth-order valence-corrected chi connectivity index (χ4v) is 2.18. The second-order valence-electron chi connectivity index (χ2n) is 4.57. The zero-order valence-corrected chi connectivity index (χ0v) is 8.72. The molecular weight excluding hydrogens is 176 g/mol. The van der Waals surface area contributed by atoms with E-state index in [4.69, 9.17) is 0 Å². The second-order valence-corrected chi connectivity index (χ2v) is 4.57. The molecule has 3 heteroatoms. The van der Waals surface area contributed by atoms with Crippen LogP contribution < -0.4 is 10.6 Å². The maximum absolute atomic E-state index is 11.5. The summed E-state index contributed by atoms with van der Waals surface area (Å²) in [6.45, 7) is 3.17. The first kappa shape index (κ1) is 9.97. The lowest BCUT2D eigenvalue weighted by Crippen LogP contribution is -2.35.